The van der Waals surface area contributed by atoms with Crippen molar-refractivity contribution in [3.63, 3.8) is 0 Å². The van der Waals surface area contributed by atoms with Gasteiger partial charge in [-0.1, -0.05) is 24.3 Å². The number of benzene rings is 1. The number of carbonyl (C=O) groups is 2. The Balaban J connectivity index is 2.82. The molecule has 80 valence electrons. The molecule has 0 aliphatic carbocycles. The van der Waals surface area contributed by atoms with E-state index in [9.17, 15) is 9.59 Å². The molecular formula is C11H13NO3. The van der Waals surface area contributed by atoms with E-state index < -0.39 is 11.9 Å². The maximum Gasteiger partial charge on any atom is 0.304 e. The van der Waals surface area contributed by atoms with Crippen LogP contribution in [0.2, 0.25) is 0 Å². The molecule has 4 nitrogen and oxygen atoms in total. The van der Waals surface area contributed by atoms with Crippen LogP contribution >= 0.6 is 0 Å². The lowest BCUT2D eigenvalue weighted by atomic mass is 9.96. The number of hydrogen-bond donors (Lipinski definition) is 2. The van der Waals surface area contributed by atoms with Crippen LogP contribution in [0, 0.1) is 0 Å². The fourth-order valence-corrected chi connectivity index (χ4v) is 1.33. The van der Waals surface area contributed by atoms with Crippen LogP contribution in [0.3, 0.4) is 0 Å². The minimum Gasteiger partial charge on any atom is -0.481 e. The zero-order valence-electron chi connectivity index (χ0n) is 8.22. The highest BCUT2D eigenvalue weighted by molar-refractivity contribution is 5.75. The summed E-state index contributed by atoms with van der Waals surface area (Å²) in [6.45, 7) is 0.435. The second-order valence-electron chi connectivity index (χ2n) is 3.29. The number of nitrogens with two attached hydrogens (primary N) is 1. The Hall–Kier alpha value is -1.68. The largest absolute Gasteiger partial charge is 0.481 e. The molecule has 1 unspecified atom stereocenters. The molecule has 0 saturated carbocycles. The third kappa shape index (κ3) is 3.18. The number of aliphatic carboxylic acids is 1. The smallest absolute Gasteiger partial charge is 0.304 e. The van der Waals surface area contributed by atoms with E-state index in [-0.39, 0.29) is 6.42 Å². The van der Waals surface area contributed by atoms with E-state index in [0.29, 0.717) is 18.4 Å². The van der Waals surface area contributed by atoms with Gasteiger partial charge in [-0.25, -0.2) is 0 Å². The van der Waals surface area contributed by atoms with Crippen molar-refractivity contribution in [2.45, 2.75) is 18.9 Å². The van der Waals surface area contributed by atoms with Crippen LogP contribution in [0.1, 0.15) is 23.5 Å². The lowest BCUT2D eigenvalue weighted by Crippen LogP contribution is -2.07. The van der Waals surface area contributed by atoms with Crippen LogP contribution in [-0.2, 0) is 16.1 Å². The minimum absolute atomic E-state index is 0.175. The molecule has 1 atom stereocenters. The highest BCUT2D eigenvalue weighted by atomic mass is 16.4. The van der Waals surface area contributed by atoms with E-state index >= 15 is 0 Å². The Labute approximate surface area is 87.7 Å². The highest BCUT2D eigenvalue weighted by Gasteiger charge is 2.14. The summed E-state index contributed by atoms with van der Waals surface area (Å²) in [5.41, 5.74) is 7.10. The van der Waals surface area contributed by atoms with Gasteiger partial charge >= 0.3 is 5.97 Å². The first-order chi connectivity index (χ1) is 7.17. The maximum absolute atomic E-state index is 10.7. The van der Waals surface area contributed by atoms with E-state index in [2.05, 4.69) is 0 Å². The molecule has 0 aromatic heterocycles. The van der Waals surface area contributed by atoms with Crippen molar-refractivity contribution in [3.8, 4) is 0 Å². The van der Waals surface area contributed by atoms with Gasteiger partial charge in [0.25, 0.3) is 0 Å². The molecule has 15 heavy (non-hydrogen) atoms. The predicted molar refractivity (Wildman–Crippen MR) is 55.4 cm³/mol. The molecule has 1 aromatic carbocycles. The third-order valence-corrected chi connectivity index (χ3v) is 2.20. The van der Waals surface area contributed by atoms with Crippen molar-refractivity contribution >= 4 is 12.3 Å². The number of carboxylic acids is 1. The van der Waals surface area contributed by atoms with Crippen LogP contribution < -0.4 is 5.73 Å². The van der Waals surface area contributed by atoms with E-state index in [0.717, 1.165) is 5.56 Å². The summed E-state index contributed by atoms with van der Waals surface area (Å²) in [6, 6.07) is 7.08. The molecule has 0 aliphatic heterocycles. The topological polar surface area (TPSA) is 80.4 Å². The van der Waals surface area contributed by atoms with Crippen molar-refractivity contribution in [2.75, 3.05) is 0 Å². The molecule has 4 heteroatoms. The average Bonchev–Trinajstić information content (AvgIpc) is 2.26. The van der Waals surface area contributed by atoms with Gasteiger partial charge in [0, 0.05) is 6.54 Å². The van der Waals surface area contributed by atoms with Crippen molar-refractivity contribution < 1.29 is 14.7 Å². The van der Waals surface area contributed by atoms with Gasteiger partial charge in [-0.2, -0.15) is 0 Å². The number of carboxylic acid groups (broad SMARTS) is 1. The van der Waals surface area contributed by atoms with Gasteiger partial charge in [0.2, 0.25) is 0 Å². The van der Waals surface area contributed by atoms with Crippen molar-refractivity contribution in [1.82, 2.24) is 0 Å². The first kappa shape index (κ1) is 11.4. The number of hydrogen-bond acceptors (Lipinski definition) is 3. The van der Waals surface area contributed by atoms with Crippen molar-refractivity contribution in [2.24, 2.45) is 5.73 Å². The van der Waals surface area contributed by atoms with Gasteiger partial charge in [-0.3, -0.25) is 4.79 Å². The molecule has 3 N–H and O–H groups in total. The summed E-state index contributed by atoms with van der Waals surface area (Å²) < 4.78 is 0. The fourth-order valence-electron chi connectivity index (χ4n) is 1.33. The van der Waals surface area contributed by atoms with Crippen LogP contribution in [0.4, 0.5) is 0 Å². The molecule has 0 spiro atoms. The van der Waals surface area contributed by atoms with E-state index in [1.165, 1.54) is 0 Å². The molecule has 0 radical (unpaired) electrons. The normalized spacial score (nSPS) is 12.1. The molecular weight excluding hydrogens is 194 g/mol. The summed E-state index contributed by atoms with van der Waals surface area (Å²) in [4.78, 5) is 21.2. The zero-order chi connectivity index (χ0) is 11.3. The Morgan fingerprint density at radius 3 is 2.40 bits per heavy atom. The molecule has 0 bridgehead atoms. The Bertz CT molecular complexity index is 345. The number of carbonyl (C=O) groups excluding carboxylic acids is 1. The molecule has 0 heterocycles. The maximum atomic E-state index is 10.7. The molecule has 0 fully saturated rings. The van der Waals surface area contributed by atoms with Crippen LogP contribution in [0.25, 0.3) is 0 Å². The molecule has 1 aromatic rings. The Morgan fingerprint density at radius 2 is 2.00 bits per heavy atom. The standard InChI is InChI=1S/C11H13NO3/c12-6-8-1-3-9(4-2-8)10(7-13)5-11(14)15/h1-4,7,10H,5-6,12H2,(H,14,15). The van der Waals surface area contributed by atoms with E-state index in [4.69, 9.17) is 10.8 Å². The van der Waals surface area contributed by atoms with Crippen molar-refractivity contribution in [3.05, 3.63) is 35.4 Å². The quantitative estimate of drug-likeness (QED) is 0.703. The first-order valence-electron chi connectivity index (χ1n) is 4.63. The summed E-state index contributed by atoms with van der Waals surface area (Å²) in [5, 5.41) is 8.60. The lowest BCUT2D eigenvalue weighted by molar-refractivity contribution is -0.138. The average molecular weight is 207 g/mol. The summed E-state index contributed by atoms with van der Waals surface area (Å²) in [7, 11) is 0. The molecule has 0 amide bonds. The third-order valence-electron chi connectivity index (χ3n) is 2.20. The van der Waals surface area contributed by atoms with Crippen LogP contribution in [0.5, 0.6) is 0 Å². The van der Waals surface area contributed by atoms with Crippen molar-refractivity contribution in [1.29, 1.82) is 0 Å². The van der Waals surface area contributed by atoms with Gasteiger partial charge in [0.1, 0.15) is 6.29 Å². The summed E-state index contributed by atoms with van der Waals surface area (Å²) in [5.74, 6) is -1.55. The summed E-state index contributed by atoms with van der Waals surface area (Å²) >= 11 is 0. The van der Waals surface area contributed by atoms with Gasteiger partial charge in [-0.15, -0.1) is 0 Å². The van der Waals surface area contributed by atoms with E-state index in [1.54, 1.807) is 24.3 Å². The molecule has 0 aliphatic rings. The molecule has 1 rings (SSSR count). The number of rotatable bonds is 5. The van der Waals surface area contributed by atoms with Gasteiger partial charge in [-0.05, 0) is 11.1 Å². The van der Waals surface area contributed by atoms with Crippen LogP contribution in [-0.4, -0.2) is 17.4 Å². The highest BCUT2D eigenvalue weighted by Crippen LogP contribution is 2.17. The molecule has 0 saturated heterocycles. The Kier molecular flexibility index (Phi) is 4.00. The SMILES string of the molecule is NCc1ccc(C(C=O)CC(=O)O)cc1. The Morgan fingerprint density at radius 1 is 1.40 bits per heavy atom. The van der Waals surface area contributed by atoms with Crippen LogP contribution in [0.15, 0.2) is 24.3 Å². The second kappa shape index (κ2) is 5.26. The first-order valence-corrected chi connectivity index (χ1v) is 4.63. The second-order valence-corrected chi connectivity index (χ2v) is 3.29. The lowest BCUT2D eigenvalue weighted by Gasteiger charge is -2.08. The van der Waals surface area contributed by atoms with Gasteiger partial charge in [0.15, 0.2) is 0 Å². The summed E-state index contributed by atoms with van der Waals surface area (Å²) in [6.07, 6.45) is 0.483. The zero-order valence-corrected chi connectivity index (χ0v) is 8.22. The minimum atomic E-state index is -0.977. The predicted octanol–water partition coefficient (Wildman–Crippen LogP) is 0.902. The monoisotopic (exact) mass is 207 g/mol. The van der Waals surface area contributed by atoms with Gasteiger partial charge < -0.3 is 15.6 Å². The number of aldehydes is 1. The van der Waals surface area contributed by atoms with E-state index in [1.807, 2.05) is 0 Å². The fraction of sp³-hybridized carbons (Fsp3) is 0.273. The van der Waals surface area contributed by atoms with Gasteiger partial charge in [0.05, 0.1) is 12.3 Å².